The Kier molecular flexibility index (Phi) is 5.10. The first-order valence-electron chi connectivity index (χ1n) is 5.96. The van der Waals surface area contributed by atoms with Gasteiger partial charge in [0.05, 0.1) is 19.3 Å². The third-order valence-corrected chi connectivity index (χ3v) is 3.19. The molecule has 98 valence electrons. The van der Waals surface area contributed by atoms with Gasteiger partial charge in [0, 0.05) is 5.41 Å². The fraction of sp³-hybridized carbons (Fsp3) is 0.400. The molecule has 1 atom stereocenters. The summed E-state index contributed by atoms with van der Waals surface area (Å²) in [6.45, 7) is 5.78. The van der Waals surface area contributed by atoms with Gasteiger partial charge in [-0.1, -0.05) is 25.1 Å². The van der Waals surface area contributed by atoms with E-state index in [9.17, 15) is 9.90 Å². The number of aliphatic hydroxyl groups is 1. The average molecular weight is 248 g/mol. The molecule has 0 fully saturated rings. The second kappa shape index (κ2) is 6.36. The van der Waals surface area contributed by atoms with Crippen molar-refractivity contribution in [2.75, 3.05) is 13.7 Å². The molecule has 0 aromatic heterocycles. The second-order valence-corrected chi connectivity index (χ2v) is 4.71. The van der Waals surface area contributed by atoms with Crippen LogP contribution >= 0.6 is 0 Å². The Morgan fingerprint density at radius 2 is 2.28 bits per heavy atom. The van der Waals surface area contributed by atoms with Crippen molar-refractivity contribution < 1.29 is 14.6 Å². The van der Waals surface area contributed by atoms with Crippen LogP contribution in [-0.4, -0.2) is 24.8 Å². The van der Waals surface area contributed by atoms with E-state index in [0.29, 0.717) is 5.56 Å². The summed E-state index contributed by atoms with van der Waals surface area (Å²) in [6, 6.07) is 7.36. The van der Waals surface area contributed by atoms with E-state index in [0.717, 1.165) is 18.4 Å². The number of aliphatic hydroxyl groups excluding tert-OH is 1. The first-order chi connectivity index (χ1) is 8.54. The molecule has 0 amide bonds. The van der Waals surface area contributed by atoms with Crippen LogP contribution in [0.5, 0.6) is 0 Å². The molecular weight excluding hydrogens is 228 g/mol. The van der Waals surface area contributed by atoms with Gasteiger partial charge in [-0.2, -0.15) is 0 Å². The molecule has 0 bridgehead atoms. The van der Waals surface area contributed by atoms with Crippen LogP contribution in [0.2, 0.25) is 0 Å². The van der Waals surface area contributed by atoms with Crippen molar-refractivity contribution in [2.24, 2.45) is 5.41 Å². The van der Waals surface area contributed by atoms with Gasteiger partial charge in [-0.05, 0) is 30.5 Å². The predicted molar refractivity (Wildman–Crippen MR) is 71.5 cm³/mol. The molecule has 0 spiro atoms. The van der Waals surface area contributed by atoms with E-state index in [-0.39, 0.29) is 18.0 Å². The van der Waals surface area contributed by atoms with E-state index in [1.54, 1.807) is 12.1 Å². The molecular formula is C15H20O3. The number of hydrogen-bond acceptors (Lipinski definition) is 3. The maximum absolute atomic E-state index is 11.4. The van der Waals surface area contributed by atoms with Gasteiger partial charge >= 0.3 is 5.97 Å². The Balaban J connectivity index is 2.74. The highest BCUT2D eigenvalue weighted by Crippen LogP contribution is 2.24. The van der Waals surface area contributed by atoms with Crippen LogP contribution in [-0.2, 0) is 11.2 Å². The van der Waals surface area contributed by atoms with Gasteiger partial charge in [0.15, 0.2) is 0 Å². The lowest BCUT2D eigenvalue weighted by molar-refractivity contribution is 0.0600. The summed E-state index contributed by atoms with van der Waals surface area (Å²) in [5, 5.41) is 9.30. The van der Waals surface area contributed by atoms with Crippen LogP contribution in [0, 0.1) is 5.41 Å². The van der Waals surface area contributed by atoms with Crippen molar-refractivity contribution in [1.29, 1.82) is 0 Å². The molecule has 0 radical (unpaired) electrons. The largest absolute Gasteiger partial charge is 0.465 e. The quantitative estimate of drug-likeness (QED) is 0.621. The Morgan fingerprint density at radius 1 is 1.56 bits per heavy atom. The van der Waals surface area contributed by atoms with E-state index >= 15 is 0 Å². The molecule has 0 aliphatic carbocycles. The number of esters is 1. The number of aryl methyl sites for hydroxylation is 1. The molecule has 0 saturated heterocycles. The lowest BCUT2D eigenvalue weighted by atomic mass is 9.85. The number of carbonyl (C=O) groups is 1. The number of hydrogen-bond donors (Lipinski definition) is 1. The van der Waals surface area contributed by atoms with Gasteiger partial charge in [0.1, 0.15) is 0 Å². The molecule has 1 aromatic rings. The second-order valence-electron chi connectivity index (χ2n) is 4.71. The predicted octanol–water partition coefficient (Wildman–Crippen LogP) is 2.59. The number of benzene rings is 1. The molecule has 0 aliphatic rings. The fourth-order valence-electron chi connectivity index (χ4n) is 1.65. The molecule has 0 heterocycles. The number of methoxy groups -OCH3 is 1. The molecule has 1 rings (SSSR count). The zero-order valence-electron chi connectivity index (χ0n) is 11.0. The van der Waals surface area contributed by atoms with E-state index in [2.05, 4.69) is 11.3 Å². The summed E-state index contributed by atoms with van der Waals surface area (Å²) in [4.78, 5) is 11.4. The molecule has 18 heavy (non-hydrogen) atoms. The van der Waals surface area contributed by atoms with Crippen LogP contribution in [0.3, 0.4) is 0 Å². The zero-order valence-corrected chi connectivity index (χ0v) is 11.0. The zero-order chi connectivity index (χ0) is 13.6. The number of ether oxygens (including phenoxy) is 1. The van der Waals surface area contributed by atoms with Crippen LogP contribution in [0.25, 0.3) is 0 Å². The SMILES string of the molecule is C=CC(C)(CO)CCc1cccc(C(=O)OC)c1. The van der Waals surface area contributed by atoms with Crippen molar-refractivity contribution in [3.05, 3.63) is 48.0 Å². The fourth-order valence-corrected chi connectivity index (χ4v) is 1.65. The third kappa shape index (κ3) is 3.70. The van der Waals surface area contributed by atoms with Crippen molar-refractivity contribution in [1.82, 2.24) is 0 Å². The van der Waals surface area contributed by atoms with Gasteiger partial charge in [0.25, 0.3) is 0 Å². The Hall–Kier alpha value is -1.61. The van der Waals surface area contributed by atoms with Gasteiger partial charge < -0.3 is 9.84 Å². The van der Waals surface area contributed by atoms with Gasteiger partial charge in [-0.25, -0.2) is 4.79 Å². The van der Waals surface area contributed by atoms with Gasteiger partial charge in [0.2, 0.25) is 0 Å². The molecule has 0 aliphatic heterocycles. The minimum Gasteiger partial charge on any atom is -0.465 e. The van der Waals surface area contributed by atoms with Gasteiger partial charge in [-0.15, -0.1) is 6.58 Å². The Bertz CT molecular complexity index is 426. The molecule has 1 unspecified atom stereocenters. The summed E-state index contributed by atoms with van der Waals surface area (Å²) in [5.74, 6) is -0.328. The standard InChI is InChI=1S/C15H20O3/c1-4-15(2,11-16)9-8-12-6-5-7-13(10-12)14(17)18-3/h4-7,10,16H,1,8-9,11H2,2-3H3. The van der Waals surface area contributed by atoms with Crippen LogP contribution in [0.4, 0.5) is 0 Å². The molecule has 3 heteroatoms. The van der Waals surface area contributed by atoms with Crippen molar-refractivity contribution >= 4 is 5.97 Å². The van der Waals surface area contributed by atoms with Crippen molar-refractivity contribution in [2.45, 2.75) is 19.8 Å². The summed E-state index contributed by atoms with van der Waals surface area (Å²) < 4.78 is 4.68. The monoisotopic (exact) mass is 248 g/mol. The summed E-state index contributed by atoms with van der Waals surface area (Å²) >= 11 is 0. The smallest absolute Gasteiger partial charge is 0.337 e. The third-order valence-electron chi connectivity index (χ3n) is 3.19. The number of rotatable bonds is 6. The van der Waals surface area contributed by atoms with E-state index in [1.807, 2.05) is 25.1 Å². The van der Waals surface area contributed by atoms with Gasteiger partial charge in [-0.3, -0.25) is 0 Å². The van der Waals surface area contributed by atoms with Crippen LogP contribution < -0.4 is 0 Å². The summed E-state index contributed by atoms with van der Waals surface area (Å²) in [6.07, 6.45) is 3.35. The van der Waals surface area contributed by atoms with Crippen molar-refractivity contribution in [3.63, 3.8) is 0 Å². The average Bonchev–Trinajstić information content (AvgIpc) is 2.44. The van der Waals surface area contributed by atoms with Crippen molar-refractivity contribution in [3.8, 4) is 0 Å². The lowest BCUT2D eigenvalue weighted by Crippen LogP contribution is -2.19. The number of carbonyl (C=O) groups excluding carboxylic acids is 1. The molecule has 3 nitrogen and oxygen atoms in total. The van der Waals surface area contributed by atoms with E-state index < -0.39 is 0 Å². The summed E-state index contributed by atoms with van der Waals surface area (Å²) in [7, 11) is 1.37. The Labute approximate surface area is 108 Å². The molecule has 1 N–H and O–H groups in total. The minimum absolute atomic E-state index is 0.0766. The minimum atomic E-state index is -0.328. The van der Waals surface area contributed by atoms with Crippen LogP contribution in [0.15, 0.2) is 36.9 Å². The molecule has 0 saturated carbocycles. The molecule has 1 aromatic carbocycles. The Morgan fingerprint density at radius 3 is 2.83 bits per heavy atom. The highest BCUT2D eigenvalue weighted by molar-refractivity contribution is 5.89. The van der Waals surface area contributed by atoms with Crippen LogP contribution in [0.1, 0.15) is 29.3 Å². The lowest BCUT2D eigenvalue weighted by Gasteiger charge is -2.22. The maximum Gasteiger partial charge on any atom is 0.337 e. The maximum atomic E-state index is 11.4. The first kappa shape index (κ1) is 14.5. The van der Waals surface area contributed by atoms with E-state index in [1.165, 1.54) is 7.11 Å². The normalized spacial score (nSPS) is 13.7. The highest BCUT2D eigenvalue weighted by Gasteiger charge is 2.18. The topological polar surface area (TPSA) is 46.5 Å². The van der Waals surface area contributed by atoms with E-state index in [4.69, 9.17) is 0 Å². The highest BCUT2D eigenvalue weighted by atomic mass is 16.5. The summed E-state index contributed by atoms with van der Waals surface area (Å²) in [5.41, 5.74) is 1.33. The first-order valence-corrected chi connectivity index (χ1v) is 5.96.